The van der Waals surface area contributed by atoms with Crippen LogP contribution in [0.2, 0.25) is 0 Å². The van der Waals surface area contributed by atoms with Gasteiger partial charge in [0.05, 0.1) is 77.9 Å². The Morgan fingerprint density at radius 3 is 0.647 bits per heavy atom. The number of allylic oxidation sites excluding steroid dienone is 4. The third-order valence-electron chi connectivity index (χ3n) is 9.79. The Kier molecular flexibility index (Phi) is 91.2. The van der Waals surface area contributed by atoms with E-state index >= 15 is 0 Å². The number of hydrogen-bond donors (Lipinski definition) is 0. The predicted molar refractivity (Wildman–Crippen MR) is 263 cm³/mol. The van der Waals surface area contributed by atoms with E-state index in [1.165, 1.54) is 154 Å². The maximum Gasteiger partial charge on any atom is 1.00 e. The van der Waals surface area contributed by atoms with Crippen LogP contribution in [0.3, 0.4) is 0 Å². The summed E-state index contributed by atoms with van der Waals surface area (Å²) in [6.45, 7) is 16.2. The van der Waals surface area contributed by atoms with E-state index in [1.54, 1.807) is 0 Å². The first-order valence-electron chi connectivity index (χ1n) is 25.9. The van der Waals surface area contributed by atoms with Crippen molar-refractivity contribution >= 4 is 7.82 Å². The van der Waals surface area contributed by atoms with Gasteiger partial charge in [-0.1, -0.05) is 156 Å². The molecule has 0 unspecified atom stereocenters. The van der Waals surface area contributed by atoms with Crippen LogP contribution in [0, 0.1) is 0 Å². The standard InChI is InChI=1S/2C26H50O4.3Na.H3O4P/c2*1-3-5-7-9-11-13-15-17-19-27-21-23-29-25-26-30-24-22-28-20-18-16-14-12-10-8-6-4-2;;;;1-5(2,3)4/h2*17-20H,3-16,21-26H2,1-2H3;;;;(H3,1,2,3,4)/q;;3*+1;/p-3. The van der Waals surface area contributed by atoms with Crippen molar-refractivity contribution in [2.24, 2.45) is 0 Å². The van der Waals surface area contributed by atoms with Crippen molar-refractivity contribution in [2.45, 2.75) is 207 Å². The van der Waals surface area contributed by atoms with Crippen LogP contribution in [0.1, 0.15) is 207 Å². The summed E-state index contributed by atoms with van der Waals surface area (Å²) in [5.74, 6) is 0. The van der Waals surface area contributed by atoms with Crippen molar-refractivity contribution in [1.82, 2.24) is 0 Å². The summed E-state index contributed by atoms with van der Waals surface area (Å²) in [5.41, 5.74) is 0. The van der Waals surface area contributed by atoms with E-state index in [9.17, 15) is 0 Å². The van der Waals surface area contributed by atoms with E-state index in [2.05, 4.69) is 52.0 Å². The molecule has 0 aromatic heterocycles. The molecular weight excluding hydrogens is 917 g/mol. The van der Waals surface area contributed by atoms with Crippen molar-refractivity contribution in [1.29, 1.82) is 0 Å². The molecule has 0 rings (SSSR count). The molecule has 0 spiro atoms. The van der Waals surface area contributed by atoms with Crippen LogP contribution in [-0.4, -0.2) is 79.3 Å². The Morgan fingerprint density at radius 1 is 0.294 bits per heavy atom. The molecule has 16 heteroatoms. The largest absolute Gasteiger partial charge is 1.00 e. The zero-order chi connectivity index (χ0) is 48.1. The molecule has 0 atom stereocenters. The predicted octanol–water partition coefficient (Wildman–Crippen LogP) is 3.35. The molecule has 0 N–H and O–H groups in total. The molecule has 0 bridgehead atoms. The number of hydrogen-bond acceptors (Lipinski definition) is 12. The first-order valence-corrected chi connectivity index (χ1v) is 27.4. The quantitative estimate of drug-likeness (QED) is 0.0380. The van der Waals surface area contributed by atoms with E-state index < -0.39 is 7.82 Å². The van der Waals surface area contributed by atoms with Gasteiger partial charge in [0.2, 0.25) is 0 Å². The van der Waals surface area contributed by atoms with E-state index in [4.69, 9.17) is 57.1 Å². The summed E-state index contributed by atoms with van der Waals surface area (Å²) in [6.07, 6.45) is 52.2. The summed E-state index contributed by atoms with van der Waals surface area (Å²) < 4.78 is 52.2. The zero-order valence-corrected chi connectivity index (χ0v) is 52.1. The zero-order valence-electron chi connectivity index (χ0n) is 45.2. The van der Waals surface area contributed by atoms with Gasteiger partial charge in [-0.15, -0.1) is 0 Å². The molecule has 388 valence electrons. The van der Waals surface area contributed by atoms with Crippen molar-refractivity contribution < 1.29 is 146 Å². The molecule has 0 aromatic carbocycles. The second kappa shape index (κ2) is 77.0. The van der Waals surface area contributed by atoms with Crippen LogP contribution in [-0.2, 0) is 42.5 Å². The second-order valence-electron chi connectivity index (χ2n) is 16.1. The van der Waals surface area contributed by atoms with Gasteiger partial charge in [-0.25, -0.2) is 0 Å². The van der Waals surface area contributed by atoms with Crippen LogP contribution in [0.5, 0.6) is 0 Å². The Hall–Kier alpha value is 1.11. The van der Waals surface area contributed by atoms with Gasteiger partial charge in [-0.3, -0.25) is 0 Å². The van der Waals surface area contributed by atoms with Crippen LogP contribution >= 0.6 is 7.82 Å². The molecule has 0 radical (unpaired) electrons. The van der Waals surface area contributed by atoms with E-state index in [0.717, 1.165) is 25.7 Å². The summed E-state index contributed by atoms with van der Waals surface area (Å²) in [5, 5.41) is 0. The maximum absolute atomic E-state index is 8.55. The minimum atomic E-state index is -5.39. The van der Waals surface area contributed by atoms with E-state index in [-0.39, 0.29) is 88.7 Å². The average Bonchev–Trinajstić information content (AvgIpc) is 3.28. The van der Waals surface area contributed by atoms with E-state index in [0.29, 0.717) is 79.3 Å². The van der Waals surface area contributed by atoms with Crippen molar-refractivity contribution in [3.05, 3.63) is 49.4 Å². The third-order valence-corrected chi connectivity index (χ3v) is 9.79. The Balaban J connectivity index is -0.000000246. The van der Waals surface area contributed by atoms with Gasteiger partial charge in [0.25, 0.3) is 0 Å². The van der Waals surface area contributed by atoms with Gasteiger partial charge in [-0.05, 0) is 75.7 Å². The first-order chi connectivity index (χ1) is 31.8. The molecule has 12 nitrogen and oxygen atoms in total. The van der Waals surface area contributed by atoms with Crippen molar-refractivity contribution in [2.75, 3.05) is 79.3 Å². The van der Waals surface area contributed by atoms with E-state index in [1.807, 2.05) is 25.0 Å². The minimum Gasteiger partial charge on any atom is -0.822 e. The van der Waals surface area contributed by atoms with Crippen molar-refractivity contribution in [3.63, 3.8) is 0 Å². The Morgan fingerprint density at radius 2 is 0.456 bits per heavy atom. The summed E-state index contributed by atoms with van der Waals surface area (Å²) >= 11 is 0. The summed E-state index contributed by atoms with van der Waals surface area (Å²) in [7, 11) is -5.39. The van der Waals surface area contributed by atoms with Gasteiger partial charge in [-0.2, -0.15) is 7.82 Å². The minimum absolute atomic E-state index is 0. The molecule has 0 saturated carbocycles. The Labute approximate surface area is 485 Å². The number of unbranched alkanes of at least 4 members (excludes halogenated alkanes) is 24. The van der Waals surface area contributed by atoms with Gasteiger partial charge in [0.15, 0.2) is 0 Å². The number of rotatable bonds is 50. The van der Waals surface area contributed by atoms with Crippen LogP contribution in [0.4, 0.5) is 0 Å². The van der Waals surface area contributed by atoms with Gasteiger partial charge in [0, 0.05) is 0 Å². The smallest absolute Gasteiger partial charge is 0.822 e. The van der Waals surface area contributed by atoms with Crippen LogP contribution in [0.15, 0.2) is 49.4 Å². The molecule has 0 aliphatic heterocycles. The number of phosphoric acid groups is 1. The van der Waals surface area contributed by atoms with Gasteiger partial charge >= 0.3 is 88.7 Å². The molecule has 68 heavy (non-hydrogen) atoms. The molecule has 0 aromatic rings. The van der Waals surface area contributed by atoms with Crippen LogP contribution < -0.4 is 103 Å². The van der Waals surface area contributed by atoms with Crippen molar-refractivity contribution in [3.8, 4) is 0 Å². The molecule has 0 saturated heterocycles. The Bertz CT molecular complexity index is 878. The fourth-order valence-electron chi connectivity index (χ4n) is 6.06. The second-order valence-corrected chi connectivity index (χ2v) is 17.0. The molecular formula is C52H100Na3O12P. The monoisotopic (exact) mass is 1020 g/mol. The maximum atomic E-state index is 8.55. The third kappa shape index (κ3) is 96.6. The van der Waals surface area contributed by atoms with Gasteiger partial charge in [0.1, 0.15) is 26.4 Å². The summed E-state index contributed by atoms with van der Waals surface area (Å²) in [6, 6.07) is 0. The molecule has 0 amide bonds. The van der Waals surface area contributed by atoms with Gasteiger partial charge < -0.3 is 57.1 Å². The molecule has 0 aliphatic rings. The fraction of sp³-hybridized carbons (Fsp3) is 0.846. The molecule has 0 fully saturated rings. The normalized spacial score (nSPS) is 11.2. The fourth-order valence-corrected chi connectivity index (χ4v) is 6.06. The SMILES string of the molecule is CCCCCCCCC=COCCOCCOCCOC=CCCCCCCCC.CCCCCCCCC=COCCOCCOCCOC=CCCCCCCCC.O=P([O-])([O-])[O-].[Na+].[Na+].[Na+]. The topological polar surface area (TPSA) is 160 Å². The number of ether oxygens (including phenoxy) is 8. The molecule has 0 aliphatic carbocycles. The average molecular weight is 1020 g/mol. The first kappa shape index (κ1) is 80.5. The molecule has 0 heterocycles. The summed E-state index contributed by atoms with van der Waals surface area (Å²) in [4.78, 5) is 25.6. The van der Waals surface area contributed by atoms with Crippen LogP contribution in [0.25, 0.3) is 0 Å².